The topological polar surface area (TPSA) is 120 Å². The van der Waals surface area contributed by atoms with E-state index in [2.05, 4.69) is 16.7 Å². The van der Waals surface area contributed by atoms with E-state index in [4.69, 9.17) is 14.2 Å². The molecule has 0 saturated heterocycles. The zero-order chi connectivity index (χ0) is 30.6. The number of rotatable bonds is 12. The number of ether oxygens (including phenoxy) is 3. The summed E-state index contributed by atoms with van der Waals surface area (Å²) in [5.74, 6) is -0.979. The average Bonchev–Trinajstić information content (AvgIpc) is 2.87. The second-order valence-corrected chi connectivity index (χ2v) is 11.8. The molecule has 224 valence electrons. The summed E-state index contributed by atoms with van der Waals surface area (Å²) in [6.45, 7) is 10.9. The second kappa shape index (κ2) is 15.2. The van der Waals surface area contributed by atoms with E-state index in [0.29, 0.717) is 25.7 Å². The van der Waals surface area contributed by atoms with E-state index in [-0.39, 0.29) is 24.8 Å². The van der Waals surface area contributed by atoms with Crippen LogP contribution in [0.4, 0.5) is 4.79 Å². The van der Waals surface area contributed by atoms with Gasteiger partial charge in [0.05, 0.1) is 13.5 Å². The molecule has 2 aromatic rings. The van der Waals surface area contributed by atoms with Crippen LogP contribution in [0.15, 0.2) is 48.5 Å². The minimum Gasteiger partial charge on any atom is -0.467 e. The minimum atomic E-state index is -0.819. The molecule has 9 heteroatoms. The molecule has 2 rings (SSSR count). The molecule has 0 saturated carbocycles. The van der Waals surface area contributed by atoms with Crippen LogP contribution in [0.5, 0.6) is 0 Å². The molecule has 0 bridgehead atoms. The third kappa shape index (κ3) is 13.4. The Kier molecular flexibility index (Phi) is 12.4. The number of nitrogens with one attached hydrogen (secondary N) is 2. The highest BCUT2D eigenvalue weighted by molar-refractivity contribution is 5.81. The molecule has 0 spiro atoms. The fourth-order valence-electron chi connectivity index (χ4n) is 3.97. The Morgan fingerprint density at radius 2 is 1.44 bits per heavy atom. The van der Waals surface area contributed by atoms with Gasteiger partial charge in [0.25, 0.3) is 0 Å². The van der Waals surface area contributed by atoms with Crippen molar-refractivity contribution in [3.8, 4) is 11.1 Å². The Labute approximate surface area is 243 Å². The Bertz CT molecular complexity index is 1180. The molecule has 2 amide bonds. The molecular weight excluding hydrogens is 524 g/mol. The van der Waals surface area contributed by atoms with Crippen molar-refractivity contribution in [2.75, 3.05) is 13.7 Å². The molecule has 0 radical (unpaired) electrons. The lowest BCUT2D eigenvalue weighted by atomic mass is 9.98. The number of hydrogen-bond donors (Lipinski definition) is 2. The maximum absolute atomic E-state index is 12.2. The number of carbonyl (C=O) groups excluding carboxylic acids is 4. The smallest absolute Gasteiger partial charge is 0.408 e. The van der Waals surface area contributed by atoms with E-state index in [9.17, 15) is 19.2 Å². The highest BCUT2D eigenvalue weighted by atomic mass is 16.6. The molecule has 9 nitrogen and oxygen atoms in total. The van der Waals surface area contributed by atoms with Crippen LogP contribution in [0, 0.1) is 0 Å². The summed E-state index contributed by atoms with van der Waals surface area (Å²) in [5.41, 5.74) is 2.87. The zero-order valence-electron chi connectivity index (χ0n) is 25.3. The van der Waals surface area contributed by atoms with Crippen LogP contribution in [0.2, 0.25) is 0 Å². The molecule has 2 aromatic carbocycles. The standard InChI is InChI=1S/C32H44N2O7/c1-31(2,3)40-28(36)19-20-33-27(35)18-14-23-9-8-10-25(21-23)24-15-11-22(12-16-24)13-17-26(29(37)39-7)34-30(38)41-32(4,5)6/h8-12,15-16,21,26H,13-14,17-20H2,1-7H3,(H,33,35)(H,34,38)/t26-/m0/s1. The Morgan fingerprint density at radius 1 is 0.780 bits per heavy atom. The van der Waals surface area contributed by atoms with Gasteiger partial charge in [-0.05, 0) is 83.1 Å². The van der Waals surface area contributed by atoms with Crippen molar-refractivity contribution in [2.45, 2.75) is 90.9 Å². The number of benzene rings is 2. The first kappa shape index (κ1) is 33.3. The lowest BCUT2D eigenvalue weighted by Gasteiger charge is -2.22. The number of methoxy groups -OCH3 is 1. The number of aryl methyl sites for hydroxylation is 2. The predicted molar refractivity (Wildman–Crippen MR) is 157 cm³/mol. The first-order valence-corrected chi connectivity index (χ1v) is 13.9. The highest BCUT2D eigenvalue weighted by Gasteiger charge is 2.25. The molecule has 2 N–H and O–H groups in total. The lowest BCUT2D eigenvalue weighted by molar-refractivity contribution is -0.154. The number of hydrogen-bond acceptors (Lipinski definition) is 7. The minimum absolute atomic E-state index is 0.116. The van der Waals surface area contributed by atoms with Gasteiger partial charge >= 0.3 is 18.0 Å². The van der Waals surface area contributed by atoms with Crippen molar-refractivity contribution in [2.24, 2.45) is 0 Å². The maximum Gasteiger partial charge on any atom is 0.408 e. The van der Waals surface area contributed by atoms with Crippen LogP contribution in [0.1, 0.15) is 71.9 Å². The Morgan fingerprint density at radius 3 is 2.05 bits per heavy atom. The fraction of sp³-hybridized carbons (Fsp3) is 0.500. The van der Waals surface area contributed by atoms with Gasteiger partial charge in [0.2, 0.25) is 5.91 Å². The molecule has 0 unspecified atom stereocenters. The highest BCUT2D eigenvalue weighted by Crippen LogP contribution is 2.22. The van der Waals surface area contributed by atoms with E-state index in [1.807, 2.05) is 63.2 Å². The Hall–Kier alpha value is -3.88. The van der Waals surface area contributed by atoms with Crippen LogP contribution in [-0.2, 0) is 41.4 Å². The van der Waals surface area contributed by atoms with Gasteiger partial charge in [-0.3, -0.25) is 9.59 Å². The van der Waals surface area contributed by atoms with E-state index < -0.39 is 29.3 Å². The molecule has 0 aliphatic carbocycles. The molecule has 1 atom stereocenters. The summed E-state index contributed by atoms with van der Waals surface area (Å²) in [5, 5.41) is 5.37. The van der Waals surface area contributed by atoms with Crippen LogP contribution in [-0.4, -0.2) is 54.8 Å². The van der Waals surface area contributed by atoms with Gasteiger partial charge in [0.15, 0.2) is 0 Å². The molecule has 41 heavy (non-hydrogen) atoms. The van der Waals surface area contributed by atoms with Crippen LogP contribution in [0.3, 0.4) is 0 Å². The van der Waals surface area contributed by atoms with Crippen molar-refractivity contribution >= 4 is 23.9 Å². The van der Waals surface area contributed by atoms with Gasteiger partial charge in [-0.2, -0.15) is 0 Å². The summed E-state index contributed by atoms with van der Waals surface area (Å²) >= 11 is 0. The fourth-order valence-corrected chi connectivity index (χ4v) is 3.97. The monoisotopic (exact) mass is 568 g/mol. The first-order chi connectivity index (χ1) is 19.1. The summed E-state index contributed by atoms with van der Waals surface area (Å²) in [6, 6.07) is 15.2. The SMILES string of the molecule is COC(=O)[C@H](CCc1ccc(-c2cccc(CCC(=O)NCCC(=O)OC(C)(C)C)c2)cc1)NC(=O)OC(C)(C)C. The van der Waals surface area contributed by atoms with E-state index in [1.54, 1.807) is 20.8 Å². The molecule has 0 aliphatic rings. The van der Waals surface area contributed by atoms with Crippen molar-refractivity contribution in [3.63, 3.8) is 0 Å². The van der Waals surface area contributed by atoms with Crippen LogP contribution >= 0.6 is 0 Å². The summed E-state index contributed by atoms with van der Waals surface area (Å²) < 4.78 is 15.4. The quantitative estimate of drug-likeness (QED) is 0.269. The predicted octanol–water partition coefficient (Wildman–Crippen LogP) is 5.13. The molecule has 0 aromatic heterocycles. The summed E-state index contributed by atoms with van der Waals surface area (Å²) in [6.07, 6.45) is 1.28. The summed E-state index contributed by atoms with van der Waals surface area (Å²) in [7, 11) is 1.29. The lowest BCUT2D eigenvalue weighted by Crippen LogP contribution is -2.44. The van der Waals surface area contributed by atoms with Gasteiger partial charge in [-0.15, -0.1) is 0 Å². The van der Waals surface area contributed by atoms with Gasteiger partial charge in [0, 0.05) is 13.0 Å². The van der Waals surface area contributed by atoms with Crippen molar-refractivity contribution < 1.29 is 33.4 Å². The van der Waals surface area contributed by atoms with Crippen molar-refractivity contribution in [1.82, 2.24) is 10.6 Å². The molecule has 0 aliphatic heterocycles. The number of esters is 2. The number of carbonyl (C=O) groups is 4. The molecule has 0 fully saturated rings. The largest absolute Gasteiger partial charge is 0.467 e. The van der Waals surface area contributed by atoms with Crippen molar-refractivity contribution in [3.05, 3.63) is 59.7 Å². The summed E-state index contributed by atoms with van der Waals surface area (Å²) in [4.78, 5) is 48.4. The van der Waals surface area contributed by atoms with E-state index in [0.717, 1.165) is 22.3 Å². The molecular formula is C32H44N2O7. The third-order valence-corrected chi connectivity index (χ3v) is 5.82. The first-order valence-electron chi connectivity index (χ1n) is 13.9. The van der Waals surface area contributed by atoms with Crippen LogP contribution < -0.4 is 10.6 Å². The number of amides is 2. The Balaban J connectivity index is 1.89. The second-order valence-electron chi connectivity index (χ2n) is 11.8. The number of alkyl carbamates (subject to hydrolysis) is 1. The van der Waals surface area contributed by atoms with Gasteiger partial charge in [0.1, 0.15) is 17.2 Å². The maximum atomic E-state index is 12.2. The normalized spacial score (nSPS) is 12.2. The molecule has 0 heterocycles. The van der Waals surface area contributed by atoms with Gasteiger partial charge in [-0.25, -0.2) is 9.59 Å². The van der Waals surface area contributed by atoms with Gasteiger partial charge < -0.3 is 24.8 Å². The van der Waals surface area contributed by atoms with E-state index in [1.165, 1.54) is 7.11 Å². The zero-order valence-corrected chi connectivity index (χ0v) is 25.3. The van der Waals surface area contributed by atoms with E-state index >= 15 is 0 Å². The van der Waals surface area contributed by atoms with Crippen molar-refractivity contribution in [1.29, 1.82) is 0 Å². The third-order valence-electron chi connectivity index (χ3n) is 5.82. The van der Waals surface area contributed by atoms with Gasteiger partial charge in [-0.1, -0.05) is 48.5 Å². The average molecular weight is 569 g/mol. The van der Waals surface area contributed by atoms with Crippen LogP contribution in [0.25, 0.3) is 11.1 Å².